The molecule has 11 heavy (non-hydrogen) atoms. The normalized spacial score (nSPS) is 8.45. The minimum absolute atomic E-state index is 1.10. The van der Waals surface area contributed by atoms with E-state index in [9.17, 15) is 0 Å². The van der Waals surface area contributed by atoms with Gasteiger partial charge in [-0.25, -0.2) is 0 Å². The first-order valence-electron chi connectivity index (χ1n) is 4.11. The summed E-state index contributed by atoms with van der Waals surface area (Å²) in [5, 5.41) is 0. The first-order chi connectivity index (χ1) is 5.20. The van der Waals surface area contributed by atoms with Gasteiger partial charge < -0.3 is 0 Å². The van der Waals surface area contributed by atoms with Crippen LogP contribution in [-0.2, 0) is 0 Å². The summed E-state index contributed by atoms with van der Waals surface area (Å²) >= 11 is 0. The predicted octanol–water partition coefficient (Wildman–Crippen LogP) is 3.03. The lowest BCUT2D eigenvalue weighted by atomic mass is 10.2. The van der Waals surface area contributed by atoms with Crippen LogP contribution < -0.4 is 0 Å². The summed E-state index contributed by atoms with van der Waals surface area (Å²) in [6.45, 7) is 10.1. The minimum atomic E-state index is 1.10. The van der Waals surface area contributed by atoms with Crippen molar-refractivity contribution in [1.29, 1.82) is 0 Å². The molecule has 1 heterocycles. The van der Waals surface area contributed by atoms with E-state index in [0.717, 1.165) is 11.4 Å². The molecule has 1 aromatic heterocycles. The fraction of sp³-hybridized carbons (Fsp3) is 0.500. The zero-order chi connectivity index (χ0) is 8.85. The van der Waals surface area contributed by atoms with Crippen LogP contribution >= 0.6 is 0 Å². The quantitative estimate of drug-likeness (QED) is 0.555. The van der Waals surface area contributed by atoms with Crippen molar-refractivity contribution >= 4 is 0 Å². The first kappa shape index (κ1) is 10.2. The van der Waals surface area contributed by atoms with Gasteiger partial charge in [0.05, 0.1) is 0 Å². The van der Waals surface area contributed by atoms with Crippen molar-refractivity contribution in [2.75, 3.05) is 0 Å². The lowest BCUT2D eigenvalue weighted by Gasteiger charge is -1.97. The fourth-order valence-corrected chi connectivity index (χ4v) is 0.756. The third-order valence-electron chi connectivity index (χ3n) is 1.49. The highest BCUT2D eigenvalue weighted by molar-refractivity contribution is 5.19. The standard InChI is InChI=1S/C8H11N.C2H6/c1-6-4-5-7(2)9-8(6)3;1-2/h4-5H,1-3H3;1-2H3. The number of pyridine rings is 1. The SMILES string of the molecule is CC.Cc1ccc(C)c(C)n1. The second kappa shape index (κ2) is 4.89. The minimum Gasteiger partial charge on any atom is -0.258 e. The number of rotatable bonds is 0. The predicted molar refractivity (Wildman–Crippen MR) is 49.8 cm³/mol. The Kier molecular flexibility index (Phi) is 4.51. The maximum absolute atomic E-state index is 4.27. The van der Waals surface area contributed by atoms with Crippen LogP contribution in [-0.4, -0.2) is 4.98 Å². The second-order valence-corrected chi connectivity index (χ2v) is 2.35. The Labute approximate surface area is 69.5 Å². The van der Waals surface area contributed by atoms with E-state index in [1.807, 2.05) is 33.8 Å². The van der Waals surface area contributed by atoms with Crippen LogP contribution in [0.1, 0.15) is 30.8 Å². The molecule has 0 bridgehead atoms. The van der Waals surface area contributed by atoms with E-state index in [4.69, 9.17) is 0 Å². The summed E-state index contributed by atoms with van der Waals surface area (Å²) in [5.41, 5.74) is 3.49. The van der Waals surface area contributed by atoms with Crippen LogP contribution in [0.2, 0.25) is 0 Å². The molecule has 0 aromatic carbocycles. The zero-order valence-corrected chi connectivity index (χ0v) is 8.10. The number of nitrogens with zero attached hydrogens (tertiary/aromatic N) is 1. The van der Waals surface area contributed by atoms with Crippen molar-refractivity contribution in [3.63, 3.8) is 0 Å². The Bertz CT molecular complexity index is 216. The summed E-state index contributed by atoms with van der Waals surface area (Å²) in [6, 6.07) is 4.12. The Morgan fingerprint density at radius 3 is 1.91 bits per heavy atom. The molecule has 0 spiro atoms. The van der Waals surface area contributed by atoms with Crippen LogP contribution in [0.25, 0.3) is 0 Å². The van der Waals surface area contributed by atoms with Crippen molar-refractivity contribution in [2.45, 2.75) is 34.6 Å². The smallest absolute Gasteiger partial charge is 0.0404 e. The molecule has 0 saturated heterocycles. The van der Waals surface area contributed by atoms with Gasteiger partial charge in [-0.1, -0.05) is 19.9 Å². The van der Waals surface area contributed by atoms with Gasteiger partial charge in [0.25, 0.3) is 0 Å². The molecule has 0 unspecified atom stereocenters. The maximum atomic E-state index is 4.27. The van der Waals surface area contributed by atoms with Crippen LogP contribution in [0.15, 0.2) is 12.1 Å². The van der Waals surface area contributed by atoms with Gasteiger partial charge in [-0.15, -0.1) is 0 Å². The summed E-state index contributed by atoms with van der Waals surface area (Å²) in [6.07, 6.45) is 0. The fourth-order valence-electron chi connectivity index (χ4n) is 0.756. The van der Waals surface area contributed by atoms with E-state index < -0.39 is 0 Å². The zero-order valence-electron chi connectivity index (χ0n) is 8.10. The van der Waals surface area contributed by atoms with Gasteiger partial charge in [0.15, 0.2) is 0 Å². The molecular weight excluding hydrogens is 134 g/mol. The molecule has 1 heteroatoms. The number of aromatic nitrogens is 1. The molecule has 0 atom stereocenters. The highest BCUT2D eigenvalue weighted by atomic mass is 14.7. The van der Waals surface area contributed by atoms with Crippen molar-refractivity contribution in [3.05, 3.63) is 29.1 Å². The van der Waals surface area contributed by atoms with Gasteiger partial charge in [0.2, 0.25) is 0 Å². The average molecular weight is 151 g/mol. The Morgan fingerprint density at radius 1 is 1.00 bits per heavy atom. The average Bonchev–Trinajstić information content (AvgIpc) is 2.02. The van der Waals surface area contributed by atoms with Crippen LogP contribution in [0.3, 0.4) is 0 Å². The summed E-state index contributed by atoms with van der Waals surface area (Å²) < 4.78 is 0. The van der Waals surface area contributed by atoms with Gasteiger partial charge in [-0.05, 0) is 32.4 Å². The van der Waals surface area contributed by atoms with Crippen LogP contribution in [0, 0.1) is 20.8 Å². The number of hydrogen-bond acceptors (Lipinski definition) is 1. The van der Waals surface area contributed by atoms with Crippen LogP contribution in [0.5, 0.6) is 0 Å². The second-order valence-electron chi connectivity index (χ2n) is 2.35. The highest BCUT2D eigenvalue weighted by Crippen LogP contribution is 2.02. The summed E-state index contributed by atoms with van der Waals surface area (Å²) in [4.78, 5) is 4.27. The van der Waals surface area contributed by atoms with Gasteiger partial charge in [0.1, 0.15) is 0 Å². The molecule has 0 amide bonds. The molecule has 1 aromatic rings. The molecule has 0 aliphatic carbocycles. The lowest BCUT2D eigenvalue weighted by molar-refractivity contribution is 1.09. The Morgan fingerprint density at radius 2 is 1.55 bits per heavy atom. The van der Waals surface area contributed by atoms with E-state index >= 15 is 0 Å². The first-order valence-corrected chi connectivity index (χ1v) is 4.11. The Hall–Kier alpha value is -0.850. The molecular formula is C10H17N. The molecule has 0 N–H and O–H groups in total. The number of aryl methyl sites for hydroxylation is 3. The summed E-state index contributed by atoms with van der Waals surface area (Å²) in [7, 11) is 0. The van der Waals surface area contributed by atoms with E-state index in [1.54, 1.807) is 0 Å². The summed E-state index contributed by atoms with van der Waals surface area (Å²) in [5.74, 6) is 0. The van der Waals surface area contributed by atoms with Gasteiger partial charge in [-0.2, -0.15) is 0 Å². The lowest BCUT2D eigenvalue weighted by Crippen LogP contribution is -1.87. The third kappa shape index (κ3) is 3.17. The van der Waals surface area contributed by atoms with Crippen LogP contribution in [0.4, 0.5) is 0 Å². The molecule has 62 valence electrons. The Balaban J connectivity index is 0.000000461. The largest absolute Gasteiger partial charge is 0.258 e. The molecule has 0 radical (unpaired) electrons. The van der Waals surface area contributed by atoms with Gasteiger partial charge in [-0.3, -0.25) is 4.98 Å². The van der Waals surface area contributed by atoms with Crippen molar-refractivity contribution in [3.8, 4) is 0 Å². The monoisotopic (exact) mass is 151 g/mol. The van der Waals surface area contributed by atoms with Crippen molar-refractivity contribution in [1.82, 2.24) is 4.98 Å². The van der Waals surface area contributed by atoms with E-state index in [-0.39, 0.29) is 0 Å². The molecule has 1 nitrogen and oxygen atoms in total. The third-order valence-corrected chi connectivity index (χ3v) is 1.49. The van der Waals surface area contributed by atoms with E-state index in [1.165, 1.54) is 5.56 Å². The molecule has 0 fully saturated rings. The van der Waals surface area contributed by atoms with Crippen molar-refractivity contribution < 1.29 is 0 Å². The maximum Gasteiger partial charge on any atom is 0.0404 e. The molecule has 0 aliphatic rings. The van der Waals surface area contributed by atoms with E-state index in [2.05, 4.69) is 18.0 Å². The topological polar surface area (TPSA) is 12.9 Å². The molecule has 0 saturated carbocycles. The molecule has 0 aliphatic heterocycles. The van der Waals surface area contributed by atoms with E-state index in [0.29, 0.717) is 0 Å². The van der Waals surface area contributed by atoms with Gasteiger partial charge in [0, 0.05) is 11.4 Å². The highest BCUT2D eigenvalue weighted by Gasteiger charge is 1.90. The van der Waals surface area contributed by atoms with Crippen molar-refractivity contribution in [2.24, 2.45) is 0 Å². The molecule has 1 rings (SSSR count). The number of hydrogen-bond donors (Lipinski definition) is 0. The van der Waals surface area contributed by atoms with Gasteiger partial charge >= 0.3 is 0 Å².